The van der Waals surface area contributed by atoms with Crippen molar-refractivity contribution in [1.29, 1.82) is 0 Å². The summed E-state index contributed by atoms with van der Waals surface area (Å²) in [7, 11) is 1.64. The summed E-state index contributed by atoms with van der Waals surface area (Å²) < 4.78 is 1.72. The van der Waals surface area contributed by atoms with Crippen LogP contribution in [0.1, 0.15) is 5.56 Å². The van der Waals surface area contributed by atoms with E-state index in [-0.39, 0.29) is 0 Å². The third-order valence-electron chi connectivity index (χ3n) is 1.96. The van der Waals surface area contributed by atoms with Gasteiger partial charge in [-0.1, -0.05) is 18.2 Å². The van der Waals surface area contributed by atoms with Gasteiger partial charge in [0.2, 0.25) is 0 Å². The van der Waals surface area contributed by atoms with Crippen LogP contribution in [0.3, 0.4) is 0 Å². The van der Waals surface area contributed by atoms with E-state index in [2.05, 4.69) is 6.92 Å². The molecule has 0 saturated carbocycles. The molecule has 0 fully saturated rings. The van der Waals surface area contributed by atoms with Crippen molar-refractivity contribution in [2.24, 2.45) is 0 Å². The number of hydrogen-bond donors (Lipinski definition) is 0. The number of benzene rings is 1. The van der Waals surface area contributed by atoms with Gasteiger partial charge in [-0.05, 0) is 18.6 Å². The molecular weight excluding hydrogens is 150 g/mol. The Hall–Kier alpha value is -1.44. The minimum atomic E-state index is 0.993. The van der Waals surface area contributed by atoms with Crippen LogP contribution >= 0.6 is 0 Å². The molecule has 0 aliphatic heterocycles. The van der Waals surface area contributed by atoms with E-state index in [9.17, 15) is 0 Å². The first-order valence-electron chi connectivity index (χ1n) is 3.79. The molecule has 0 unspecified atom stereocenters. The average molecular weight is 160 g/mol. The van der Waals surface area contributed by atoms with Crippen molar-refractivity contribution in [2.45, 2.75) is 0 Å². The molecule has 1 aromatic heterocycles. The highest BCUT2D eigenvalue weighted by atomic mass is 16.6. The van der Waals surface area contributed by atoms with Crippen molar-refractivity contribution in [3.8, 4) is 0 Å². The van der Waals surface area contributed by atoms with Crippen LogP contribution < -0.4 is 4.84 Å². The van der Waals surface area contributed by atoms with Crippen LogP contribution in [-0.2, 0) is 0 Å². The second kappa shape index (κ2) is 2.55. The van der Waals surface area contributed by atoms with E-state index in [1.807, 2.05) is 30.5 Å². The molecule has 0 saturated heterocycles. The number of para-hydroxylation sites is 1. The smallest absolute Gasteiger partial charge is 0.104 e. The van der Waals surface area contributed by atoms with Gasteiger partial charge in [-0.2, -0.15) is 4.73 Å². The highest BCUT2D eigenvalue weighted by molar-refractivity contribution is 5.84. The number of hydrogen-bond acceptors (Lipinski definition) is 1. The van der Waals surface area contributed by atoms with Gasteiger partial charge in [0.25, 0.3) is 0 Å². The summed E-state index contributed by atoms with van der Waals surface area (Å²) in [6.07, 6.45) is 1.88. The SMILES string of the molecule is [CH2]c1cn(OC)c2ccccc12. The highest BCUT2D eigenvalue weighted by Gasteiger charge is 2.02. The van der Waals surface area contributed by atoms with E-state index >= 15 is 0 Å². The van der Waals surface area contributed by atoms with Gasteiger partial charge in [-0.15, -0.1) is 0 Å². The number of fused-ring (bicyclic) bond motifs is 1. The molecule has 1 aromatic carbocycles. The molecule has 0 amide bonds. The standard InChI is InChI=1S/C10H10NO/c1-8-7-11(12-2)10-6-4-3-5-9(8)10/h3-7H,1H2,2H3. The lowest BCUT2D eigenvalue weighted by Crippen LogP contribution is -2.02. The summed E-state index contributed by atoms with van der Waals surface area (Å²) in [5, 5.41) is 1.14. The number of aromatic nitrogens is 1. The summed E-state index contributed by atoms with van der Waals surface area (Å²) in [6, 6.07) is 8.02. The molecule has 0 bridgehead atoms. The Labute approximate surface area is 71.3 Å². The lowest BCUT2D eigenvalue weighted by atomic mass is 10.2. The molecule has 0 aliphatic rings. The molecule has 0 aliphatic carbocycles. The van der Waals surface area contributed by atoms with Crippen molar-refractivity contribution >= 4 is 10.9 Å². The lowest BCUT2D eigenvalue weighted by Gasteiger charge is -2.00. The van der Waals surface area contributed by atoms with E-state index in [0.29, 0.717) is 0 Å². The highest BCUT2D eigenvalue weighted by Crippen LogP contribution is 2.18. The molecule has 2 nitrogen and oxygen atoms in total. The fraction of sp³-hybridized carbons (Fsp3) is 0.100. The second-order valence-corrected chi connectivity index (χ2v) is 2.68. The van der Waals surface area contributed by atoms with Crippen LogP contribution in [0.4, 0.5) is 0 Å². The van der Waals surface area contributed by atoms with Gasteiger partial charge in [0, 0.05) is 11.6 Å². The van der Waals surface area contributed by atoms with Crippen LogP contribution in [0.5, 0.6) is 0 Å². The minimum Gasteiger partial charge on any atom is -0.417 e. The molecule has 1 heterocycles. The number of rotatable bonds is 1. The first-order valence-corrected chi connectivity index (χ1v) is 3.79. The molecule has 12 heavy (non-hydrogen) atoms. The second-order valence-electron chi connectivity index (χ2n) is 2.68. The van der Waals surface area contributed by atoms with Crippen LogP contribution in [-0.4, -0.2) is 11.8 Å². The summed E-state index contributed by atoms with van der Waals surface area (Å²) in [4.78, 5) is 5.12. The molecule has 61 valence electrons. The quantitative estimate of drug-likeness (QED) is 0.621. The van der Waals surface area contributed by atoms with Gasteiger partial charge in [-0.3, -0.25) is 0 Å². The summed E-state index contributed by atoms with van der Waals surface area (Å²) >= 11 is 0. The molecular formula is C10H10NO. The Morgan fingerprint density at radius 2 is 2.08 bits per heavy atom. The largest absolute Gasteiger partial charge is 0.417 e. The Morgan fingerprint density at radius 1 is 1.33 bits per heavy atom. The topological polar surface area (TPSA) is 14.2 Å². The van der Waals surface area contributed by atoms with E-state index in [1.54, 1.807) is 11.8 Å². The van der Waals surface area contributed by atoms with E-state index < -0.39 is 0 Å². The average Bonchev–Trinajstić information content (AvgIpc) is 2.44. The van der Waals surface area contributed by atoms with Gasteiger partial charge in [-0.25, -0.2) is 0 Å². The minimum absolute atomic E-state index is 0.993. The fourth-order valence-electron chi connectivity index (χ4n) is 1.37. The Balaban J connectivity index is 2.82. The van der Waals surface area contributed by atoms with Gasteiger partial charge in [0.1, 0.15) is 7.11 Å². The molecule has 0 atom stereocenters. The van der Waals surface area contributed by atoms with E-state index in [1.165, 1.54) is 0 Å². The van der Waals surface area contributed by atoms with E-state index in [0.717, 1.165) is 16.5 Å². The van der Waals surface area contributed by atoms with Crippen LogP contribution in [0, 0.1) is 6.92 Å². The summed E-state index contributed by atoms with van der Waals surface area (Å²) in [6.45, 7) is 3.92. The maximum absolute atomic E-state index is 5.12. The van der Waals surface area contributed by atoms with Crippen molar-refractivity contribution < 1.29 is 4.84 Å². The van der Waals surface area contributed by atoms with Crippen LogP contribution in [0.2, 0.25) is 0 Å². The zero-order chi connectivity index (χ0) is 8.55. The normalized spacial score (nSPS) is 10.5. The maximum atomic E-state index is 5.12. The van der Waals surface area contributed by atoms with E-state index in [4.69, 9.17) is 4.84 Å². The van der Waals surface area contributed by atoms with Crippen molar-refractivity contribution in [1.82, 2.24) is 4.73 Å². The van der Waals surface area contributed by atoms with Crippen molar-refractivity contribution in [3.05, 3.63) is 42.9 Å². The van der Waals surface area contributed by atoms with Crippen molar-refractivity contribution in [3.63, 3.8) is 0 Å². The molecule has 1 radical (unpaired) electrons. The Bertz CT molecular complexity index is 403. The van der Waals surface area contributed by atoms with Crippen LogP contribution in [0.15, 0.2) is 30.5 Å². The van der Waals surface area contributed by atoms with Gasteiger partial charge < -0.3 is 4.84 Å². The van der Waals surface area contributed by atoms with Crippen molar-refractivity contribution in [2.75, 3.05) is 7.11 Å². The fourth-order valence-corrected chi connectivity index (χ4v) is 1.37. The molecule has 2 heteroatoms. The Morgan fingerprint density at radius 3 is 2.83 bits per heavy atom. The third-order valence-corrected chi connectivity index (χ3v) is 1.96. The first-order chi connectivity index (χ1) is 5.83. The monoisotopic (exact) mass is 160 g/mol. The van der Waals surface area contributed by atoms with Gasteiger partial charge in [0.05, 0.1) is 5.52 Å². The molecule has 0 spiro atoms. The lowest BCUT2D eigenvalue weighted by molar-refractivity contribution is 0.179. The zero-order valence-corrected chi connectivity index (χ0v) is 6.95. The Kier molecular flexibility index (Phi) is 1.54. The first kappa shape index (κ1) is 7.22. The maximum Gasteiger partial charge on any atom is 0.104 e. The van der Waals surface area contributed by atoms with Gasteiger partial charge in [0.15, 0.2) is 0 Å². The van der Waals surface area contributed by atoms with Gasteiger partial charge >= 0.3 is 0 Å². The summed E-state index contributed by atoms with van der Waals surface area (Å²) in [5.74, 6) is 0. The summed E-state index contributed by atoms with van der Waals surface area (Å²) in [5.41, 5.74) is 2.05. The molecule has 0 N–H and O–H groups in total. The number of nitrogens with zero attached hydrogens (tertiary/aromatic N) is 1. The zero-order valence-electron chi connectivity index (χ0n) is 6.95. The van der Waals surface area contributed by atoms with Crippen LogP contribution in [0.25, 0.3) is 10.9 Å². The third kappa shape index (κ3) is 0.881. The molecule has 2 aromatic rings. The predicted octanol–water partition coefficient (Wildman–Crippen LogP) is 1.88. The predicted molar refractivity (Wildman–Crippen MR) is 48.9 cm³/mol. The molecule has 2 rings (SSSR count).